The molecule has 3 rings (SSSR count). The lowest BCUT2D eigenvalue weighted by molar-refractivity contribution is 0.0697. The van der Waals surface area contributed by atoms with Crippen molar-refractivity contribution in [3.63, 3.8) is 0 Å². The molecule has 0 unspecified atom stereocenters. The van der Waals surface area contributed by atoms with E-state index in [9.17, 15) is 4.79 Å². The summed E-state index contributed by atoms with van der Waals surface area (Å²) in [6, 6.07) is 14.0. The third-order valence-corrected chi connectivity index (χ3v) is 3.24. The number of hydrogen-bond donors (Lipinski definition) is 1. The van der Waals surface area contributed by atoms with Crippen molar-refractivity contribution >= 4 is 5.97 Å². The Balaban J connectivity index is 1.91. The van der Waals surface area contributed by atoms with Gasteiger partial charge in [-0.15, -0.1) is 5.10 Å². The van der Waals surface area contributed by atoms with Crippen LogP contribution in [0.1, 0.15) is 10.4 Å². The van der Waals surface area contributed by atoms with Gasteiger partial charge in [0.05, 0.1) is 24.6 Å². The molecule has 0 saturated heterocycles. The molecule has 1 heterocycles. The first-order valence-corrected chi connectivity index (χ1v) is 6.58. The molecular formula is C16H13N3O3. The van der Waals surface area contributed by atoms with Crippen molar-refractivity contribution in [3.05, 3.63) is 60.3 Å². The van der Waals surface area contributed by atoms with Gasteiger partial charge in [-0.25, -0.2) is 9.48 Å². The maximum Gasteiger partial charge on any atom is 0.335 e. The van der Waals surface area contributed by atoms with E-state index in [2.05, 4.69) is 10.3 Å². The van der Waals surface area contributed by atoms with E-state index in [-0.39, 0.29) is 5.56 Å². The molecule has 2 aromatic carbocycles. The molecule has 1 aromatic heterocycles. The van der Waals surface area contributed by atoms with Gasteiger partial charge in [0.2, 0.25) is 0 Å². The summed E-state index contributed by atoms with van der Waals surface area (Å²) in [6.45, 7) is 0. The molecule has 0 atom stereocenters. The standard InChI is InChI=1S/C16H13N3O3/c1-22-14-4-2-3-13(9-14)19-10-15(17-18-19)11-5-7-12(8-6-11)16(20)21/h2-10H,1H3,(H,20,21). The number of carbonyl (C=O) groups is 1. The largest absolute Gasteiger partial charge is 0.497 e. The number of carboxylic acid groups (broad SMARTS) is 1. The number of rotatable bonds is 4. The first kappa shape index (κ1) is 13.8. The third kappa shape index (κ3) is 2.67. The topological polar surface area (TPSA) is 77.2 Å². The second-order valence-corrected chi connectivity index (χ2v) is 4.63. The van der Waals surface area contributed by atoms with Gasteiger partial charge >= 0.3 is 5.97 Å². The molecule has 0 amide bonds. The van der Waals surface area contributed by atoms with Gasteiger partial charge in [-0.05, 0) is 24.3 Å². The average molecular weight is 295 g/mol. The second kappa shape index (κ2) is 5.69. The Morgan fingerprint density at radius 1 is 1.18 bits per heavy atom. The summed E-state index contributed by atoms with van der Waals surface area (Å²) in [4.78, 5) is 10.9. The van der Waals surface area contributed by atoms with Gasteiger partial charge in [-0.2, -0.15) is 0 Å². The van der Waals surface area contributed by atoms with E-state index in [0.29, 0.717) is 5.69 Å². The summed E-state index contributed by atoms with van der Waals surface area (Å²) < 4.78 is 6.83. The Hall–Kier alpha value is -3.15. The molecule has 0 aliphatic rings. The fourth-order valence-corrected chi connectivity index (χ4v) is 2.06. The highest BCUT2D eigenvalue weighted by molar-refractivity contribution is 5.88. The fourth-order valence-electron chi connectivity index (χ4n) is 2.06. The van der Waals surface area contributed by atoms with Crippen LogP contribution >= 0.6 is 0 Å². The summed E-state index contributed by atoms with van der Waals surface area (Å²) in [7, 11) is 1.61. The van der Waals surface area contributed by atoms with Gasteiger partial charge in [0.15, 0.2) is 0 Å². The van der Waals surface area contributed by atoms with Crippen molar-refractivity contribution in [2.24, 2.45) is 0 Å². The molecule has 0 aliphatic carbocycles. The second-order valence-electron chi connectivity index (χ2n) is 4.63. The lowest BCUT2D eigenvalue weighted by Crippen LogP contribution is -1.95. The summed E-state index contributed by atoms with van der Waals surface area (Å²) in [5.74, 6) is -0.216. The zero-order valence-corrected chi connectivity index (χ0v) is 11.8. The Morgan fingerprint density at radius 2 is 1.95 bits per heavy atom. The van der Waals surface area contributed by atoms with Gasteiger partial charge in [0.25, 0.3) is 0 Å². The molecule has 0 bridgehead atoms. The van der Waals surface area contributed by atoms with Gasteiger partial charge in [-0.1, -0.05) is 23.4 Å². The zero-order valence-electron chi connectivity index (χ0n) is 11.8. The van der Waals surface area contributed by atoms with Crippen molar-refractivity contribution < 1.29 is 14.6 Å². The number of benzene rings is 2. The number of aromatic carboxylic acids is 1. The van der Waals surface area contributed by atoms with E-state index in [1.54, 1.807) is 42.3 Å². The highest BCUT2D eigenvalue weighted by Gasteiger charge is 2.08. The summed E-state index contributed by atoms with van der Waals surface area (Å²) in [5.41, 5.74) is 2.54. The van der Waals surface area contributed by atoms with Crippen LogP contribution < -0.4 is 4.74 Å². The average Bonchev–Trinajstić information content (AvgIpc) is 3.05. The maximum absolute atomic E-state index is 10.9. The van der Waals surface area contributed by atoms with Crippen molar-refractivity contribution in [1.29, 1.82) is 0 Å². The molecular weight excluding hydrogens is 282 g/mol. The molecule has 6 heteroatoms. The van der Waals surface area contributed by atoms with E-state index in [1.807, 2.05) is 24.3 Å². The minimum atomic E-state index is -0.952. The van der Waals surface area contributed by atoms with E-state index < -0.39 is 5.97 Å². The Bertz CT molecular complexity index is 810. The van der Waals surface area contributed by atoms with Crippen LogP contribution in [0.15, 0.2) is 54.7 Å². The molecule has 0 saturated carbocycles. The number of ether oxygens (including phenoxy) is 1. The van der Waals surface area contributed by atoms with Crippen LogP contribution in [-0.4, -0.2) is 33.2 Å². The number of aromatic nitrogens is 3. The van der Waals surface area contributed by atoms with E-state index in [0.717, 1.165) is 17.0 Å². The van der Waals surface area contributed by atoms with Crippen molar-refractivity contribution in [3.8, 4) is 22.7 Å². The Morgan fingerprint density at radius 3 is 2.64 bits per heavy atom. The van der Waals surface area contributed by atoms with Gasteiger partial charge < -0.3 is 9.84 Å². The van der Waals surface area contributed by atoms with Crippen LogP contribution in [0.5, 0.6) is 5.75 Å². The molecule has 6 nitrogen and oxygen atoms in total. The normalized spacial score (nSPS) is 10.4. The highest BCUT2D eigenvalue weighted by Crippen LogP contribution is 2.20. The molecule has 0 radical (unpaired) electrons. The molecule has 1 N–H and O–H groups in total. The molecule has 110 valence electrons. The minimum Gasteiger partial charge on any atom is -0.497 e. The molecule has 3 aromatic rings. The fraction of sp³-hybridized carbons (Fsp3) is 0.0625. The van der Waals surface area contributed by atoms with Crippen LogP contribution in [0.4, 0.5) is 0 Å². The van der Waals surface area contributed by atoms with Crippen molar-refractivity contribution in [2.45, 2.75) is 0 Å². The molecule has 0 spiro atoms. The smallest absolute Gasteiger partial charge is 0.335 e. The highest BCUT2D eigenvalue weighted by atomic mass is 16.5. The van der Waals surface area contributed by atoms with Crippen LogP contribution in [0.2, 0.25) is 0 Å². The zero-order chi connectivity index (χ0) is 15.5. The van der Waals surface area contributed by atoms with Crippen LogP contribution in [0, 0.1) is 0 Å². The van der Waals surface area contributed by atoms with Crippen LogP contribution in [-0.2, 0) is 0 Å². The summed E-state index contributed by atoms with van der Waals surface area (Å²) in [5, 5.41) is 17.1. The molecule has 0 fully saturated rings. The minimum absolute atomic E-state index is 0.240. The lowest BCUT2D eigenvalue weighted by atomic mass is 10.1. The Kier molecular flexibility index (Phi) is 3.57. The van der Waals surface area contributed by atoms with Crippen molar-refractivity contribution in [2.75, 3.05) is 7.11 Å². The predicted molar refractivity (Wildman–Crippen MR) is 80.3 cm³/mol. The number of methoxy groups -OCH3 is 1. The lowest BCUT2D eigenvalue weighted by Gasteiger charge is -2.03. The van der Waals surface area contributed by atoms with Crippen molar-refractivity contribution in [1.82, 2.24) is 15.0 Å². The van der Waals surface area contributed by atoms with Crippen LogP contribution in [0.25, 0.3) is 16.9 Å². The summed E-state index contributed by atoms with van der Waals surface area (Å²) in [6.07, 6.45) is 1.78. The third-order valence-electron chi connectivity index (χ3n) is 3.24. The SMILES string of the molecule is COc1cccc(-n2cc(-c3ccc(C(=O)O)cc3)nn2)c1. The maximum atomic E-state index is 10.9. The van der Waals surface area contributed by atoms with E-state index in [1.165, 1.54) is 0 Å². The van der Waals surface area contributed by atoms with Gasteiger partial charge in [0.1, 0.15) is 11.4 Å². The first-order valence-electron chi connectivity index (χ1n) is 6.58. The van der Waals surface area contributed by atoms with Gasteiger partial charge in [0, 0.05) is 11.6 Å². The first-order chi connectivity index (χ1) is 10.7. The number of carboxylic acids is 1. The van der Waals surface area contributed by atoms with Gasteiger partial charge in [-0.3, -0.25) is 0 Å². The predicted octanol–water partition coefficient (Wildman–Crippen LogP) is 2.64. The van der Waals surface area contributed by atoms with E-state index >= 15 is 0 Å². The van der Waals surface area contributed by atoms with Crippen LogP contribution in [0.3, 0.4) is 0 Å². The number of nitrogens with zero attached hydrogens (tertiary/aromatic N) is 3. The quantitative estimate of drug-likeness (QED) is 0.800. The molecule has 22 heavy (non-hydrogen) atoms. The van der Waals surface area contributed by atoms with E-state index in [4.69, 9.17) is 9.84 Å². The number of hydrogen-bond acceptors (Lipinski definition) is 4. The monoisotopic (exact) mass is 295 g/mol. The Labute approximate surface area is 126 Å². The summed E-state index contributed by atoms with van der Waals surface area (Å²) >= 11 is 0. The molecule has 0 aliphatic heterocycles.